The molecule has 2 rings (SSSR count). The van der Waals surface area contributed by atoms with E-state index >= 15 is 0 Å². The van der Waals surface area contributed by atoms with Crippen molar-refractivity contribution in [2.24, 2.45) is 0 Å². The Bertz CT molecular complexity index is 656. The average molecular weight is 311 g/mol. The smallest absolute Gasteiger partial charge is 0.0355 e. The Labute approximate surface area is 139 Å². The summed E-state index contributed by atoms with van der Waals surface area (Å²) in [6.45, 7) is 14.3. The molecule has 2 aromatic rings. The van der Waals surface area contributed by atoms with Crippen molar-refractivity contribution in [3.8, 4) is 10.4 Å². The largest absolute Gasteiger partial charge is 0.144 e. The molecule has 0 aliphatic carbocycles. The summed E-state index contributed by atoms with van der Waals surface area (Å²) >= 11 is 1.78. The van der Waals surface area contributed by atoms with Crippen LogP contribution in [0.3, 0.4) is 0 Å². The predicted molar refractivity (Wildman–Crippen MR) is 105 cm³/mol. The molecule has 0 fully saturated rings. The SMILES string of the molecule is C=Cc1c(/C=C\C)cc(C)c(/C=C\C)c1-c1cccs1.CC. The number of hydrogen-bond acceptors (Lipinski definition) is 1. The Hall–Kier alpha value is -1.86. The van der Waals surface area contributed by atoms with Gasteiger partial charge in [-0.1, -0.05) is 62.9 Å². The Kier molecular flexibility index (Phi) is 7.62. The van der Waals surface area contributed by atoms with E-state index in [9.17, 15) is 0 Å². The van der Waals surface area contributed by atoms with Gasteiger partial charge in [-0.3, -0.25) is 0 Å². The topological polar surface area (TPSA) is 0 Å². The van der Waals surface area contributed by atoms with E-state index in [2.05, 4.69) is 68.3 Å². The summed E-state index contributed by atoms with van der Waals surface area (Å²) in [7, 11) is 0. The Morgan fingerprint density at radius 3 is 2.23 bits per heavy atom. The van der Waals surface area contributed by atoms with Crippen molar-refractivity contribution in [1.82, 2.24) is 0 Å². The molecular formula is C21H26S. The summed E-state index contributed by atoms with van der Waals surface area (Å²) < 4.78 is 0. The summed E-state index contributed by atoms with van der Waals surface area (Å²) in [5.41, 5.74) is 6.32. The summed E-state index contributed by atoms with van der Waals surface area (Å²) in [6.07, 6.45) is 10.5. The second-order valence-corrected chi connectivity index (χ2v) is 5.61. The van der Waals surface area contributed by atoms with Gasteiger partial charge in [-0.25, -0.2) is 0 Å². The lowest BCUT2D eigenvalue weighted by Gasteiger charge is -2.15. The number of thiophene rings is 1. The van der Waals surface area contributed by atoms with Crippen LogP contribution in [0.25, 0.3) is 28.7 Å². The summed E-state index contributed by atoms with van der Waals surface area (Å²) in [5, 5.41) is 2.12. The summed E-state index contributed by atoms with van der Waals surface area (Å²) in [4.78, 5) is 1.29. The zero-order valence-corrected chi connectivity index (χ0v) is 15.1. The maximum atomic E-state index is 4.02. The molecule has 22 heavy (non-hydrogen) atoms. The molecule has 0 saturated heterocycles. The lowest BCUT2D eigenvalue weighted by Crippen LogP contribution is -1.94. The molecule has 116 valence electrons. The van der Waals surface area contributed by atoms with Gasteiger partial charge in [0.2, 0.25) is 0 Å². The fourth-order valence-corrected chi connectivity index (χ4v) is 3.28. The van der Waals surface area contributed by atoms with Crippen LogP contribution < -0.4 is 0 Å². The Morgan fingerprint density at radius 2 is 1.73 bits per heavy atom. The molecule has 1 aromatic heterocycles. The van der Waals surface area contributed by atoms with Gasteiger partial charge in [0.25, 0.3) is 0 Å². The van der Waals surface area contributed by atoms with E-state index in [1.807, 2.05) is 26.8 Å². The Morgan fingerprint density at radius 1 is 1.05 bits per heavy atom. The molecule has 0 amide bonds. The first-order valence-corrected chi connectivity index (χ1v) is 8.70. The monoisotopic (exact) mass is 310 g/mol. The van der Waals surface area contributed by atoms with Gasteiger partial charge in [0.1, 0.15) is 0 Å². The normalized spacial score (nSPS) is 10.8. The van der Waals surface area contributed by atoms with Crippen molar-refractivity contribution >= 4 is 29.6 Å². The molecule has 0 N–H and O–H groups in total. The lowest BCUT2D eigenvalue weighted by molar-refractivity contribution is 1.42. The van der Waals surface area contributed by atoms with Crippen molar-refractivity contribution in [3.63, 3.8) is 0 Å². The van der Waals surface area contributed by atoms with Crippen LogP contribution in [0.1, 0.15) is 49.9 Å². The second kappa shape index (κ2) is 9.22. The molecule has 0 aliphatic heterocycles. The molecule has 1 aromatic carbocycles. The maximum Gasteiger partial charge on any atom is 0.0355 e. The van der Waals surface area contributed by atoms with Crippen LogP contribution in [0.15, 0.2) is 42.3 Å². The summed E-state index contributed by atoms with van der Waals surface area (Å²) in [5.74, 6) is 0. The van der Waals surface area contributed by atoms with Crippen molar-refractivity contribution in [1.29, 1.82) is 0 Å². The van der Waals surface area contributed by atoms with E-state index in [-0.39, 0.29) is 0 Å². The van der Waals surface area contributed by atoms with Gasteiger partial charge in [0.15, 0.2) is 0 Å². The van der Waals surface area contributed by atoms with Gasteiger partial charge in [0.05, 0.1) is 0 Å². The molecule has 1 heteroatoms. The fraction of sp³-hybridized carbons (Fsp3) is 0.238. The second-order valence-electron chi connectivity index (χ2n) is 4.67. The lowest BCUT2D eigenvalue weighted by atomic mass is 9.90. The van der Waals surface area contributed by atoms with Crippen LogP contribution in [0.5, 0.6) is 0 Å². The van der Waals surface area contributed by atoms with E-state index < -0.39 is 0 Å². The van der Waals surface area contributed by atoms with Crippen LogP contribution in [0, 0.1) is 6.92 Å². The number of allylic oxidation sites excluding steroid dienone is 2. The third-order valence-corrected chi connectivity index (χ3v) is 4.19. The van der Waals surface area contributed by atoms with Gasteiger partial charge >= 0.3 is 0 Å². The zero-order valence-electron chi connectivity index (χ0n) is 14.3. The molecular weight excluding hydrogens is 284 g/mol. The van der Waals surface area contributed by atoms with E-state index in [0.717, 1.165) is 0 Å². The molecule has 0 aliphatic rings. The molecule has 0 unspecified atom stereocenters. The molecule has 0 spiro atoms. The Balaban J connectivity index is 0.00000116. The molecule has 1 heterocycles. The molecule has 0 saturated carbocycles. The molecule has 0 atom stereocenters. The molecule has 0 radical (unpaired) electrons. The van der Waals surface area contributed by atoms with Crippen LogP contribution >= 0.6 is 11.3 Å². The first-order valence-electron chi connectivity index (χ1n) is 7.82. The third-order valence-electron chi connectivity index (χ3n) is 3.30. The highest BCUT2D eigenvalue weighted by molar-refractivity contribution is 7.13. The first kappa shape index (κ1) is 18.2. The highest BCUT2D eigenvalue weighted by Gasteiger charge is 2.14. The standard InChI is InChI=1S/C19H20S.C2H6/c1-5-9-15-13-14(4)17(10-6-2)19(16(15)7-3)18-11-8-12-20-18;1-2/h5-13H,3H2,1-2,4H3;1-2H3/b9-5-,10-6-;. The minimum Gasteiger partial charge on any atom is -0.144 e. The minimum absolute atomic E-state index is 1.21. The van der Waals surface area contributed by atoms with Gasteiger partial charge in [0, 0.05) is 10.4 Å². The van der Waals surface area contributed by atoms with Gasteiger partial charge in [-0.2, -0.15) is 0 Å². The number of hydrogen-bond donors (Lipinski definition) is 0. The number of benzene rings is 1. The molecule has 0 bridgehead atoms. The van der Waals surface area contributed by atoms with Gasteiger partial charge in [-0.15, -0.1) is 11.3 Å². The quantitative estimate of drug-likeness (QED) is 0.549. The molecule has 0 nitrogen and oxygen atoms in total. The number of rotatable bonds is 4. The highest BCUT2D eigenvalue weighted by Crippen LogP contribution is 2.37. The van der Waals surface area contributed by atoms with E-state index in [1.54, 1.807) is 11.3 Å². The number of aryl methyl sites for hydroxylation is 1. The average Bonchev–Trinajstić information content (AvgIpc) is 3.06. The van der Waals surface area contributed by atoms with Crippen LogP contribution in [0.2, 0.25) is 0 Å². The summed E-state index contributed by atoms with van der Waals surface area (Å²) in [6, 6.07) is 6.52. The zero-order chi connectivity index (χ0) is 16.5. The van der Waals surface area contributed by atoms with Gasteiger partial charge < -0.3 is 0 Å². The first-order chi connectivity index (χ1) is 10.7. The minimum atomic E-state index is 1.21. The van der Waals surface area contributed by atoms with E-state index in [1.165, 1.54) is 32.7 Å². The van der Waals surface area contributed by atoms with Gasteiger partial charge in [-0.05, 0) is 54.5 Å². The fourth-order valence-electron chi connectivity index (χ4n) is 2.48. The predicted octanol–water partition coefficient (Wildman–Crippen LogP) is 7.46. The van der Waals surface area contributed by atoms with Crippen LogP contribution in [-0.4, -0.2) is 0 Å². The van der Waals surface area contributed by atoms with Crippen LogP contribution in [0.4, 0.5) is 0 Å². The third kappa shape index (κ3) is 3.86. The van der Waals surface area contributed by atoms with Crippen molar-refractivity contribution in [2.75, 3.05) is 0 Å². The van der Waals surface area contributed by atoms with Crippen LogP contribution in [-0.2, 0) is 0 Å². The highest BCUT2D eigenvalue weighted by atomic mass is 32.1. The van der Waals surface area contributed by atoms with Crippen molar-refractivity contribution in [3.05, 3.63) is 64.6 Å². The van der Waals surface area contributed by atoms with Crippen molar-refractivity contribution in [2.45, 2.75) is 34.6 Å². The van der Waals surface area contributed by atoms with E-state index in [4.69, 9.17) is 0 Å². The maximum absolute atomic E-state index is 4.02. The van der Waals surface area contributed by atoms with E-state index in [0.29, 0.717) is 0 Å². The van der Waals surface area contributed by atoms with Crippen molar-refractivity contribution < 1.29 is 0 Å².